The average Bonchev–Trinajstić information content (AvgIpc) is 2.39. The van der Waals surface area contributed by atoms with Gasteiger partial charge < -0.3 is 25.3 Å². The topological polar surface area (TPSA) is 65.7 Å². The second-order valence-electron chi connectivity index (χ2n) is 4.35. The third-order valence-corrected chi connectivity index (χ3v) is 2.70. The average molecular weight is 262 g/mol. The SMILES string of the molecule is COCCOCCCCNC(CCCN)COC. The van der Waals surface area contributed by atoms with E-state index in [1.165, 1.54) is 0 Å². The maximum absolute atomic E-state index is 5.51. The molecule has 0 spiro atoms. The van der Waals surface area contributed by atoms with E-state index in [1.807, 2.05) is 0 Å². The van der Waals surface area contributed by atoms with Crippen LogP contribution in [-0.2, 0) is 14.2 Å². The highest BCUT2D eigenvalue weighted by Crippen LogP contribution is 1.98. The van der Waals surface area contributed by atoms with E-state index in [0.29, 0.717) is 19.3 Å². The van der Waals surface area contributed by atoms with Crippen LogP contribution in [-0.4, -0.2) is 59.8 Å². The van der Waals surface area contributed by atoms with Gasteiger partial charge in [-0.2, -0.15) is 0 Å². The van der Waals surface area contributed by atoms with Crippen LogP contribution >= 0.6 is 0 Å². The van der Waals surface area contributed by atoms with Gasteiger partial charge >= 0.3 is 0 Å². The maximum Gasteiger partial charge on any atom is 0.0700 e. The summed E-state index contributed by atoms with van der Waals surface area (Å²) in [7, 11) is 3.42. The molecule has 0 amide bonds. The van der Waals surface area contributed by atoms with Gasteiger partial charge in [-0.3, -0.25) is 0 Å². The zero-order chi connectivity index (χ0) is 13.5. The zero-order valence-electron chi connectivity index (χ0n) is 12.0. The van der Waals surface area contributed by atoms with Gasteiger partial charge in [0, 0.05) is 26.9 Å². The Morgan fingerprint density at radius 2 is 1.83 bits per heavy atom. The molecule has 0 aromatic carbocycles. The molecule has 0 saturated carbocycles. The van der Waals surface area contributed by atoms with E-state index >= 15 is 0 Å². The monoisotopic (exact) mass is 262 g/mol. The van der Waals surface area contributed by atoms with Crippen LogP contribution in [0.25, 0.3) is 0 Å². The third kappa shape index (κ3) is 12.3. The summed E-state index contributed by atoms with van der Waals surface area (Å²) in [6.45, 7) is 4.68. The van der Waals surface area contributed by atoms with Crippen molar-refractivity contribution < 1.29 is 14.2 Å². The first-order chi connectivity index (χ1) is 8.85. The number of methoxy groups -OCH3 is 2. The molecule has 1 atom stereocenters. The van der Waals surface area contributed by atoms with Crippen molar-refractivity contribution in [2.45, 2.75) is 31.7 Å². The van der Waals surface area contributed by atoms with E-state index in [1.54, 1.807) is 14.2 Å². The van der Waals surface area contributed by atoms with E-state index in [2.05, 4.69) is 5.32 Å². The summed E-state index contributed by atoms with van der Waals surface area (Å²) < 4.78 is 15.5. The first-order valence-corrected chi connectivity index (χ1v) is 6.84. The van der Waals surface area contributed by atoms with Crippen molar-refractivity contribution in [2.24, 2.45) is 5.73 Å². The lowest BCUT2D eigenvalue weighted by Gasteiger charge is -2.17. The van der Waals surface area contributed by atoms with E-state index in [0.717, 1.165) is 52.0 Å². The highest BCUT2D eigenvalue weighted by Gasteiger charge is 2.06. The predicted octanol–water partition coefficient (Wildman–Crippen LogP) is 0.773. The maximum atomic E-state index is 5.51. The molecule has 0 aliphatic rings. The zero-order valence-corrected chi connectivity index (χ0v) is 12.0. The van der Waals surface area contributed by atoms with Crippen molar-refractivity contribution in [2.75, 3.05) is 53.7 Å². The lowest BCUT2D eigenvalue weighted by molar-refractivity contribution is 0.0686. The summed E-state index contributed by atoms with van der Waals surface area (Å²) in [5.41, 5.74) is 5.51. The quantitative estimate of drug-likeness (QED) is 0.453. The lowest BCUT2D eigenvalue weighted by atomic mass is 10.1. The molecule has 5 heteroatoms. The van der Waals surface area contributed by atoms with Crippen LogP contribution in [0.3, 0.4) is 0 Å². The van der Waals surface area contributed by atoms with Crippen molar-refractivity contribution in [3.8, 4) is 0 Å². The van der Waals surface area contributed by atoms with Crippen molar-refractivity contribution in [3.63, 3.8) is 0 Å². The number of nitrogens with two attached hydrogens (primary N) is 1. The van der Waals surface area contributed by atoms with E-state index in [-0.39, 0.29) is 0 Å². The molecule has 1 unspecified atom stereocenters. The first-order valence-electron chi connectivity index (χ1n) is 6.84. The Hall–Kier alpha value is -0.200. The fraction of sp³-hybridized carbons (Fsp3) is 1.00. The van der Waals surface area contributed by atoms with E-state index in [9.17, 15) is 0 Å². The standard InChI is InChI=1S/C13H30N2O3/c1-16-10-11-18-9-4-3-8-15-13(12-17-2)6-5-7-14/h13,15H,3-12,14H2,1-2H3. The largest absolute Gasteiger partial charge is 0.383 e. The molecule has 0 fully saturated rings. The number of hydrogen-bond donors (Lipinski definition) is 2. The summed E-state index contributed by atoms with van der Waals surface area (Å²) in [6, 6.07) is 0.424. The van der Waals surface area contributed by atoms with Gasteiger partial charge in [0.1, 0.15) is 0 Å². The minimum Gasteiger partial charge on any atom is -0.383 e. The molecule has 0 aliphatic heterocycles. The minimum absolute atomic E-state index is 0.424. The predicted molar refractivity (Wildman–Crippen MR) is 73.9 cm³/mol. The van der Waals surface area contributed by atoms with Crippen LogP contribution in [0.1, 0.15) is 25.7 Å². The van der Waals surface area contributed by atoms with Crippen LogP contribution in [0.2, 0.25) is 0 Å². The smallest absolute Gasteiger partial charge is 0.0700 e. The number of hydrogen-bond acceptors (Lipinski definition) is 5. The number of rotatable bonds is 14. The minimum atomic E-state index is 0.424. The molecule has 0 radical (unpaired) electrons. The molecule has 0 aromatic heterocycles. The fourth-order valence-corrected chi connectivity index (χ4v) is 1.69. The Morgan fingerprint density at radius 3 is 2.50 bits per heavy atom. The summed E-state index contributed by atoms with van der Waals surface area (Å²) >= 11 is 0. The van der Waals surface area contributed by atoms with Gasteiger partial charge in [0.05, 0.1) is 19.8 Å². The van der Waals surface area contributed by atoms with Crippen molar-refractivity contribution >= 4 is 0 Å². The Balaban J connectivity index is 3.31. The van der Waals surface area contributed by atoms with Gasteiger partial charge in [-0.15, -0.1) is 0 Å². The van der Waals surface area contributed by atoms with Crippen LogP contribution in [0.15, 0.2) is 0 Å². The molecule has 3 N–H and O–H groups in total. The van der Waals surface area contributed by atoms with Gasteiger partial charge in [0.2, 0.25) is 0 Å². The molecular formula is C13H30N2O3. The van der Waals surface area contributed by atoms with E-state index < -0.39 is 0 Å². The molecule has 0 heterocycles. The first kappa shape index (κ1) is 17.8. The Kier molecular flexibility index (Phi) is 14.7. The van der Waals surface area contributed by atoms with Crippen molar-refractivity contribution in [3.05, 3.63) is 0 Å². The molecule has 0 aliphatic carbocycles. The van der Waals surface area contributed by atoms with Gasteiger partial charge in [-0.25, -0.2) is 0 Å². The summed E-state index contributed by atoms with van der Waals surface area (Å²) in [5.74, 6) is 0. The van der Waals surface area contributed by atoms with Gasteiger partial charge in [0.15, 0.2) is 0 Å². The molecule has 0 saturated heterocycles. The molecule has 18 heavy (non-hydrogen) atoms. The summed E-state index contributed by atoms with van der Waals surface area (Å²) in [4.78, 5) is 0. The Labute approximate surface area is 111 Å². The number of nitrogens with one attached hydrogen (secondary N) is 1. The Morgan fingerprint density at radius 1 is 1.00 bits per heavy atom. The normalized spacial score (nSPS) is 12.8. The molecular weight excluding hydrogens is 232 g/mol. The molecule has 0 rings (SSSR count). The second kappa shape index (κ2) is 14.9. The fourth-order valence-electron chi connectivity index (χ4n) is 1.69. The summed E-state index contributed by atoms with van der Waals surface area (Å²) in [6.07, 6.45) is 4.32. The van der Waals surface area contributed by atoms with Crippen molar-refractivity contribution in [1.29, 1.82) is 0 Å². The number of unbranched alkanes of at least 4 members (excludes halogenated alkanes) is 1. The van der Waals surface area contributed by atoms with Crippen LogP contribution in [0, 0.1) is 0 Å². The van der Waals surface area contributed by atoms with Gasteiger partial charge in [-0.1, -0.05) is 0 Å². The number of ether oxygens (including phenoxy) is 3. The highest BCUT2D eigenvalue weighted by molar-refractivity contribution is 4.66. The van der Waals surface area contributed by atoms with Crippen LogP contribution < -0.4 is 11.1 Å². The van der Waals surface area contributed by atoms with E-state index in [4.69, 9.17) is 19.9 Å². The lowest BCUT2D eigenvalue weighted by Crippen LogP contribution is -2.34. The van der Waals surface area contributed by atoms with Gasteiger partial charge in [-0.05, 0) is 38.8 Å². The second-order valence-corrected chi connectivity index (χ2v) is 4.35. The molecule has 110 valence electrons. The third-order valence-electron chi connectivity index (χ3n) is 2.70. The summed E-state index contributed by atoms with van der Waals surface area (Å²) in [5, 5.41) is 3.50. The molecule has 5 nitrogen and oxygen atoms in total. The molecule has 0 bridgehead atoms. The van der Waals surface area contributed by atoms with Crippen molar-refractivity contribution in [1.82, 2.24) is 5.32 Å². The highest BCUT2D eigenvalue weighted by atomic mass is 16.5. The Bertz CT molecular complexity index is 159. The van der Waals surface area contributed by atoms with Crippen LogP contribution in [0.5, 0.6) is 0 Å². The molecule has 0 aromatic rings. The van der Waals surface area contributed by atoms with Gasteiger partial charge in [0.25, 0.3) is 0 Å². The van der Waals surface area contributed by atoms with Crippen LogP contribution in [0.4, 0.5) is 0 Å².